The van der Waals surface area contributed by atoms with Crippen LogP contribution in [-0.4, -0.2) is 3.21 Å². The average Bonchev–Trinajstić information content (AvgIpc) is 3.14. The normalized spacial score (nSPS) is 19.0. The standard InChI is InChI=1S/C6H7.2C5H5.C3H6.2ClH.Zr/c1-6-4-2-3-5-6;2*1-2-4-5-3-1;1-3-2;;;/h2,4H,3H2,1H3;2*1-3H,4H2;1-2H3;2*1H;. The predicted octanol–water partition coefficient (Wildman–Crippen LogP) is 6.12. The molecule has 0 heterocycles. The van der Waals surface area contributed by atoms with Crippen molar-refractivity contribution in [1.29, 1.82) is 0 Å². The van der Waals surface area contributed by atoms with Gasteiger partial charge < -0.3 is 0 Å². The zero-order chi connectivity index (χ0) is 14.2. The van der Waals surface area contributed by atoms with E-state index >= 15 is 0 Å². The maximum Gasteiger partial charge on any atom is -0.147 e. The first-order chi connectivity index (χ1) is 9.67. The maximum atomic E-state index is 2.43. The predicted molar refractivity (Wildman–Crippen MR) is 101 cm³/mol. The monoisotopic (exact) mass is 413 g/mol. The third-order valence-electron chi connectivity index (χ3n) is 4.87. The van der Waals surface area contributed by atoms with Crippen LogP contribution in [0.2, 0.25) is 0 Å². The minimum atomic E-state index is -2.75. The van der Waals surface area contributed by atoms with E-state index < -0.39 is 19.8 Å². The Morgan fingerprint density at radius 1 is 0.864 bits per heavy atom. The van der Waals surface area contributed by atoms with Gasteiger partial charge in [0, 0.05) is 0 Å². The third kappa shape index (κ3) is 3.05. The third-order valence-corrected chi connectivity index (χ3v) is 18.8. The smallest absolute Gasteiger partial charge is 0.147 e. The van der Waals surface area contributed by atoms with Crippen molar-refractivity contribution in [3.05, 3.63) is 64.0 Å². The molecule has 0 spiro atoms. The van der Waals surface area contributed by atoms with Crippen molar-refractivity contribution in [1.82, 2.24) is 0 Å². The largest absolute Gasteiger partial charge is 0.147 e. The molecule has 3 rings (SSSR count). The fourth-order valence-electron chi connectivity index (χ4n) is 4.05. The summed E-state index contributed by atoms with van der Waals surface area (Å²) in [6.45, 7) is 7.11. The van der Waals surface area contributed by atoms with E-state index in [1.54, 1.807) is 18.6 Å². The van der Waals surface area contributed by atoms with Crippen molar-refractivity contribution in [2.45, 2.75) is 40.0 Å². The summed E-state index contributed by atoms with van der Waals surface area (Å²) in [7, 11) is 0. The van der Waals surface area contributed by atoms with Crippen LogP contribution in [0.4, 0.5) is 0 Å². The Labute approximate surface area is 151 Å². The second-order valence-corrected chi connectivity index (χ2v) is 17.0. The van der Waals surface area contributed by atoms with E-state index in [1.807, 2.05) is 0 Å². The second kappa shape index (κ2) is 8.05. The summed E-state index contributed by atoms with van der Waals surface area (Å²) in [5, 5.41) is 0. The molecule has 0 radical (unpaired) electrons. The molecule has 0 bridgehead atoms. The fourth-order valence-corrected chi connectivity index (χ4v) is 18.1. The number of hydrogen-bond donors (Lipinski definition) is 0. The molecule has 0 unspecified atom stereocenters. The van der Waals surface area contributed by atoms with Crippen LogP contribution < -0.4 is 0 Å². The molecule has 0 aliphatic heterocycles. The molecule has 3 aliphatic carbocycles. The molecule has 0 saturated heterocycles. The van der Waals surface area contributed by atoms with Crippen molar-refractivity contribution in [2.24, 2.45) is 0 Å². The molecule has 0 aromatic rings. The number of halogens is 2. The molecule has 0 fully saturated rings. The zero-order valence-corrected chi connectivity index (χ0v) is 17.6. The fraction of sp³-hybridized carbons (Fsp3) is 0.316. The molecule has 0 atom stereocenters. The van der Waals surface area contributed by atoms with Crippen LogP contribution in [-0.2, 0) is 19.8 Å². The van der Waals surface area contributed by atoms with Crippen LogP contribution in [0.15, 0.2) is 64.0 Å². The van der Waals surface area contributed by atoms with Gasteiger partial charge in [0.1, 0.15) is 0 Å². The van der Waals surface area contributed by atoms with E-state index in [1.165, 1.54) is 19.3 Å². The van der Waals surface area contributed by atoms with Gasteiger partial charge in [-0.25, -0.2) is 0 Å². The van der Waals surface area contributed by atoms with Gasteiger partial charge in [-0.05, 0) is 0 Å². The molecule has 0 N–H and O–H groups in total. The summed E-state index contributed by atoms with van der Waals surface area (Å²) in [5.41, 5.74) is 1.54. The van der Waals surface area contributed by atoms with Crippen LogP contribution >= 0.6 is 24.8 Å². The maximum absolute atomic E-state index is 2.75. The van der Waals surface area contributed by atoms with Crippen LogP contribution in [0, 0.1) is 0 Å². The van der Waals surface area contributed by atoms with E-state index in [9.17, 15) is 0 Å². The molecule has 0 aromatic heterocycles. The van der Waals surface area contributed by atoms with E-state index in [0.717, 1.165) is 0 Å². The number of rotatable bonds is 3. The first-order valence-corrected chi connectivity index (χ1v) is 12.5. The summed E-state index contributed by atoms with van der Waals surface area (Å²) in [4.78, 5) is 0. The molecule has 0 amide bonds. The summed E-state index contributed by atoms with van der Waals surface area (Å²) < 4.78 is 7.02. The Morgan fingerprint density at radius 3 is 1.73 bits per heavy atom. The minimum absolute atomic E-state index is 0. The van der Waals surface area contributed by atoms with Crippen molar-refractivity contribution < 1.29 is 19.8 Å². The summed E-state index contributed by atoms with van der Waals surface area (Å²) >= 11 is -2.75. The number of allylic oxidation sites excluding steroid dienone is 12. The molecule has 0 saturated carbocycles. The van der Waals surface area contributed by atoms with Gasteiger partial charge in [-0.2, -0.15) is 0 Å². The Kier molecular flexibility index (Phi) is 7.25. The van der Waals surface area contributed by atoms with Gasteiger partial charge in [0.2, 0.25) is 0 Å². The van der Waals surface area contributed by atoms with E-state index in [0.29, 0.717) is 0 Å². The topological polar surface area (TPSA) is 0 Å². The van der Waals surface area contributed by atoms with Gasteiger partial charge in [0.15, 0.2) is 0 Å². The number of hydrogen-bond acceptors (Lipinski definition) is 0. The van der Waals surface area contributed by atoms with Crippen LogP contribution in [0.3, 0.4) is 0 Å². The van der Waals surface area contributed by atoms with Crippen LogP contribution in [0.5, 0.6) is 0 Å². The molecule has 0 aromatic carbocycles. The quantitative estimate of drug-likeness (QED) is 0.521. The zero-order valence-electron chi connectivity index (χ0n) is 13.6. The minimum Gasteiger partial charge on any atom is -0.147 e. The molecular weight excluding hydrogens is 390 g/mol. The SMILES string of the molecule is CC1=[C]([Zr]([C]2=CC=CC2)([C]2=CC=CC2)=[C](C)C)CC=C1.Cl.Cl. The Morgan fingerprint density at radius 2 is 1.41 bits per heavy atom. The van der Waals surface area contributed by atoms with Gasteiger partial charge in [-0.3, -0.25) is 0 Å². The van der Waals surface area contributed by atoms with E-state index in [-0.39, 0.29) is 24.8 Å². The van der Waals surface area contributed by atoms with Crippen LogP contribution in [0.25, 0.3) is 0 Å². The molecular formula is C19H25Cl2Zr. The first-order valence-electron chi connectivity index (χ1n) is 7.57. The second-order valence-electron chi connectivity index (χ2n) is 6.17. The molecule has 119 valence electrons. The van der Waals surface area contributed by atoms with Crippen molar-refractivity contribution in [2.75, 3.05) is 0 Å². The van der Waals surface area contributed by atoms with Crippen molar-refractivity contribution in [3.63, 3.8) is 0 Å². The van der Waals surface area contributed by atoms with Gasteiger partial charge in [-0.1, -0.05) is 0 Å². The van der Waals surface area contributed by atoms with E-state index in [2.05, 4.69) is 69.4 Å². The van der Waals surface area contributed by atoms with Gasteiger partial charge >= 0.3 is 127 Å². The van der Waals surface area contributed by atoms with Gasteiger partial charge in [-0.15, -0.1) is 24.8 Å². The summed E-state index contributed by atoms with van der Waals surface area (Å²) in [5.74, 6) is 0. The summed E-state index contributed by atoms with van der Waals surface area (Å²) in [6, 6.07) is 0. The molecule has 22 heavy (non-hydrogen) atoms. The Balaban J connectivity index is 0.00000121. The Hall–Kier alpha value is -0.227. The van der Waals surface area contributed by atoms with Crippen molar-refractivity contribution >= 4 is 28.0 Å². The Bertz CT molecular complexity index is 644. The van der Waals surface area contributed by atoms with Gasteiger partial charge in [0.05, 0.1) is 0 Å². The van der Waals surface area contributed by atoms with Crippen molar-refractivity contribution in [3.8, 4) is 0 Å². The van der Waals surface area contributed by atoms with Gasteiger partial charge in [0.25, 0.3) is 0 Å². The molecule has 0 nitrogen and oxygen atoms in total. The average molecular weight is 416 g/mol. The van der Waals surface area contributed by atoms with E-state index in [4.69, 9.17) is 0 Å². The first kappa shape index (κ1) is 19.8. The molecule has 3 heteroatoms. The summed E-state index contributed by atoms with van der Waals surface area (Å²) in [6.07, 6.45) is 22.3. The molecule has 3 aliphatic rings. The van der Waals surface area contributed by atoms with Crippen LogP contribution in [0.1, 0.15) is 40.0 Å².